The molecule has 3 aromatic heterocycles. The molecule has 3 aromatic rings. The van der Waals surface area contributed by atoms with Gasteiger partial charge in [0.1, 0.15) is 5.82 Å². The maximum Gasteiger partial charge on any atom is 0.255 e. The Hall–Kier alpha value is -3.13. The molecule has 4 rings (SSSR count). The second-order valence-corrected chi connectivity index (χ2v) is 5.99. The first-order valence-corrected chi connectivity index (χ1v) is 8.00. The first kappa shape index (κ1) is 15.4. The molecule has 0 aromatic carbocycles. The number of aromatic amines is 1. The number of aromatic nitrogens is 5. The number of H-pyrrole nitrogens is 1. The van der Waals surface area contributed by atoms with Gasteiger partial charge in [0.25, 0.3) is 5.56 Å². The minimum Gasteiger partial charge on any atom is -0.368 e. The van der Waals surface area contributed by atoms with Crippen molar-refractivity contribution in [3.05, 3.63) is 64.1 Å². The molecule has 0 fully saturated rings. The Morgan fingerprint density at radius 2 is 1.96 bits per heavy atom. The molecule has 8 heteroatoms. The molecule has 1 aliphatic rings. The fourth-order valence-electron chi connectivity index (χ4n) is 2.97. The zero-order valence-electron chi connectivity index (χ0n) is 13.5. The molecule has 0 unspecified atom stereocenters. The van der Waals surface area contributed by atoms with Crippen LogP contribution in [-0.2, 0) is 19.5 Å². The Balaban J connectivity index is 1.57. The number of anilines is 1. The highest BCUT2D eigenvalue weighted by Crippen LogP contribution is 2.19. The van der Waals surface area contributed by atoms with Crippen LogP contribution in [0.2, 0.25) is 0 Å². The van der Waals surface area contributed by atoms with Gasteiger partial charge in [0, 0.05) is 62.0 Å². The third-order valence-corrected chi connectivity index (χ3v) is 4.23. The summed E-state index contributed by atoms with van der Waals surface area (Å²) in [6.07, 6.45) is 7.53. The largest absolute Gasteiger partial charge is 0.368 e. The van der Waals surface area contributed by atoms with Crippen LogP contribution in [0.3, 0.4) is 0 Å². The fourth-order valence-corrected chi connectivity index (χ4v) is 2.97. The van der Waals surface area contributed by atoms with Gasteiger partial charge in [-0.3, -0.25) is 14.7 Å². The third kappa shape index (κ3) is 3.24. The van der Waals surface area contributed by atoms with Crippen LogP contribution in [0.4, 0.5) is 5.95 Å². The van der Waals surface area contributed by atoms with Crippen LogP contribution in [0.15, 0.2) is 41.7 Å². The molecule has 1 aliphatic heterocycles. The Kier molecular flexibility index (Phi) is 3.95. The predicted molar refractivity (Wildman–Crippen MR) is 92.4 cm³/mol. The number of hydrogen-bond acceptors (Lipinski definition) is 7. The van der Waals surface area contributed by atoms with E-state index in [1.54, 1.807) is 24.8 Å². The van der Waals surface area contributed by atoms with E-state index in [0.717, 1.165) is 35.3 Å². The summed E-state index contributed by atoms with van der Waals surface area (Å²) >= 11 is 0. The highest BCUT2D eigenvalue weighted by atomic mass is 16.1. The molecule has 0 spiro atoms. The lowest BCUT2D eigenvalue weighted by atomic mass is 10.1. The van der Waals surface area contributed by atoms with E-state index in [0.29, 0.717) is 18.9 Å². The summed E-state index contributed by atoms with van der Waals surface area (Å²) in [5.74, 6) is 0.851. The van der Waals surface area contributed by atoms with Gasteiger partial charge in [-0.25, -0.2) is 15.0 Å². The lowest BCUT2D eigenvalue weighted by molar-refractivity contribution is 0.241. The normalized spacial score (nSPS) is 14.2. The van der Waals surface area contributed by atoms with Gasteiger partial charge in [-0.2, -0.15) is 0 Å². The summed E-state index contributed by atoms with van der Waals surface area (Å²) in [4.78, 5) is 34.2. The third-order valence-electron chi connectivity index (χ3n) is 4.23. The van der Waals surface area contributed by atoms with E-state index in [9.17, 15) is 4.79 Å². The first-order valence-electron chi connectivity index (χ1n) is 8.00. The van der Waals surface area contributed by atoms with Gasteiger partial charge in [-0.1, -0.05) is 0 Å². The molecule has 3 N–H and O–H groups in total. The summed E-state index contributed by atoms with van der Waals surface area (Å²) in [5, 5.41) is 0. The lowest BCUT2D eigenvalue weighted by Crippen LogP contribution is -2.35. The average Bonchev–Trinajstić information content (AvgIpc) is 2.65. The average molecular weight is 335 g/mol. The van der Waals surface area contributed by atoms with Gasteiger partial charge >= 0.3 is 0 Å². The van der Waals surface area contributed by atoms with Gasteiger partial charge in [-0.15, -0.1) is 0 Å². The lowest BCUT2D eigenvalue weighted by Gasteiger charge is -2.27. The van der Waals surface area contributed by atoms with Crippen molar-refractivity contribution in [1.29, 1.82) is 0 Å². The molecule has 0 bridgehead atoms. The van der Waals surface area contributed by atoms with Gasteiger partial charge in [-0.05, 0) is 12.1 Å². The van der Waals surface area contributed by atoms with Crippen molar-refractivity contribution in [3.63, 3.8) is 0 Å². The Labute approximate surface area is 143 Å². The summed E-state index contributed by atoms with van der Waals surface area (Å²) in [6, 6.07) is 3.67. The van der Waals surface area contributed by atoms with Crippen LogP contribution in [0.5, 0.6) is 0 Å². The minimum atomic E-state index is -0.0879. The molecular formula is C17H17N7O. The number of fused-ring (bicyclic) bond motifs is 1. The maximum atomic E-state index is 12.5. The van der Waals surface area contributed by atoms with E-state index in [1.807, 2.05) is 12.1 Å². The summed E-state index contributed by atoms with van der Waals surface area (Å²) < 4.78 is 0. The molecule has 126 valence electrons. The summed E-state index contributed by atoms with van der Waals surface area (Å²) in [7, 11) is 0. The Bertz CT molecular complexity index is 937. The number of nitrogens with one attached hydrogen (secondary N) is 1. The molecule has 8 nitrogen and oxygen atoms in total. The van der Waals surface area contributed by atoms with Gasteiger partial charge in [0.05, 0.1) is 11.3 Å². The number of nitrogen functional groups attached to an aromatic ring is 1. The molecule has 0 aliphatic carbocycles. The zero-order valence-corrected chi connectivity index (χ0v) is 13.5. The maximum absolute atomic E-state index is 12.5. The highest BCUT2D eigenvalue weighted by molar-refractivity contribution is 5.54. The van der Waals surface area contributed by atoms with Crippen LogP contribution < -0.4 is 11.3 Å². The molecular weight excluding hydrogens is 318 g/mol. The second-order valence-electron chi connectivity index (χ2n) is 5.99. The van der Waals surface area contributed by atoms with Gasteiger partial charge in [0.2, 0.25) is 5.95 Å². The highest BCUT2D eigenvalue weighted by Gasteiger charge is 2.21. The standard InChI is InChI=1S/C17H17N7O/c18-17-20-7-11(8-21-17)9-24-6-3-14-13(10-24)16(25)23-15(22-14)12-1-4-19-5-2-12/h1-2,4-5,7-8H,3,6,9-10H2,(H2,18,20,21)(H,22,23,25). The van der Waals surface area contributed by atoms with E-state index in [4.69, 9.17) is 5.73 Å². The molecule has 4 heterocycles. The number of rotatable bonds is 3. The molecule has 0 atom stereocenters. The number of pyridine rings is 1. The molecule has 0 radical (unpaired) electrons. The topological polar surface area (TPSA) is 114 Å². The second kappa shape index (κ2) is 6.40. The fraction of sp³-hybridized carbons (Fsp3) is 0.235. The quantitative estimate of drug-likeness (QED) is 0.726. The molecule has 0 saturated heterocycles. The summed E-state index contributed by atoms with van der Waals surface area (Å²) in [6.45, 7) is 2.05. The van der Waals surface area contributed by atoms with E-state index in [1.165, 1.54) is 0 Å². The van der Waals surface area contributed by atoms with E-state index < -0.39 is 0 Å². The van der Waals surface area contributed by atoms with Gasteiger partial charge < -0.3 is 10.7 Å². The first-order chi connectivity index (χ1) is 12.2. The van der Waals surface area contributed by atoms with Crippen LogP contribution in [-0.4, -0.2) is 36.4 Å². The van der Waals surface area contributed by atoms with Crippen LogP contribution >= 0.6 is 0 Å². The zero-order chi connectivity index (χ0) is 17.2. The monoisotopic (exact) mass is 335 g/mol. The van der Waals surface area contributed by atoms with Crippen LogP contribution in [0, 0.1) is 0 Å². The molecule has 0 amide bonds. The van der Waals surface area contributed by atoms with Gasteiger partial charge in [0.15, 0.2) is 0 Å². The number of nitrogens with zero attached hydrogens (tertiary/aromatic N) is 5. The van der Waals surface area contributed by atoms with E-state index in [2.05, 4.69) is 29.8 Å². The van der Waals surface area contributed by atoms with Crippen molar-refractivity contribution in [3.8, 4) is 11.4 Å². The Morgan fingerprint density at radius 1 is 1.20 bits per heavy atom. The smallest absolute Gasteiger partial charge is 0.255 e. The predicted octanol–water partition coefficient (Wildman–Crippen LogP) is 0.762. The van der Waals surface area contributed by atoms with Crippen LogP contribution in [0.25, 0.3) is 11.4 Å². The Morgan fingerprint density at radius 3 is 2.72 bits per heavy atom. The van der Waals surface area contributed by atoms with E-state index in [-0.39, 0.29) is 11.5 Å². The molecule has 25 heavy (non-hydrogen) atoms. The van der Waals surface area contributed by atoms with Crippen molar-refractivity contribution in [1.82, 2.24) is 29.8 Å². The van der Waals surface area contributed by atoms with Crippen molar-refractivity contribution < 1.29 is 0 Å². The minimum absolute atomic E-state index is 0.0879. The van der Waals surface area contributed by atoms with Crippen molar-refractivity contribution in [2.24, 2.45) is 0 Å². The van der Waals surface area contributed by atoms with Crippen molar-refractivity contribution in [2.75, 3.05) is 12.3 Å². The van der Waals surface area contributed by atoms with Crippen LogP contribution in [0.1, 0.15) is 16.8 Å². The van der Waals surface area contributed by atoms with Crippen molar-refractivity contribution >= 4 is 5.95 Å². The SMILES string of the molecule is Nc1ncc(CN2CCc3nc(-c4ccncc4)[nH]c(=O)c3C2)cn1. The molecule has 0 saturated carbocycles. The number of hydrogen-bond donors (Lipinski definition) is 2. The summed E-state index contributed by atoms with van der Waals surface area (Å²) in [5.41, 5.74) is 8.83. The van der Waals surface area contributed by atoms with Crippen molar-refractivity contribution in [2.45, 2.75) is 19.5 Å². The van der Waals surface area contributed by atoms with E-state index >= 15 is 0 Å². The number of nitrogens with two attached hydrogens (primary N) is 1.